The standard InChI is InChI=1S/C15H20N4O3/c1-9-7-18(4)14(16-9)12-8-19(5-6-21-12)15(20)13-10(2)17-22-11(13)3/h7,12H,5-6,8H2,1-4H3/t12-/m0/s1. The van der Waals surface area contributed by atoms with Crippen LogP contribution in [0.1, 0.15) is 39.4 Å². The van der Waals surface area contributed by atoms with E-state index in [1.54, 1.807) is 18.7 Å². The van der Waals surface area contributed by atoms with Crippen LogP contribution in [0.5, 0.6) is 0 Å². The van der Waals surface area contributed by atoms with Gasteiger partial charge in [0.15, 0.2) is 0 Å². The molecule has 118 valence electrons. The Balaban J connectivity index is 1.81. The fourth-order valence-corrected chi connectivity index (χ4v) is 2.87. The van der Waals surface area contributed by atoms with Gasteiger partial charge in [-0.05, 0) is 20.8 Å². The number of rotatable bonds is 2. The average molecular weight is 304 g/mol. The highest BCUT2D eigenvalue weighted by molar-refractivity contribution is 5.96. The molecule has 22 heavy (non-hydrogen) atoms. The SMILES string of the molecule is Cc1cn(C)c([C@@H]2CN(C(=O)c3c(C)noc3C)CCO2)n1. The molecule has 1 saturated heterocycles. The predicted octanol–water partition coefficient (Wildman–Crippen LogP) is 1.55. The summed E-state index contributed by atoms with van der Waals surface area (Å²) < 4.78 is 12.8. The van der Waals surface area contributed by atoms with E-state index < -0.39 is 0 Å². The molecule has 2 aromatic rings. The minimum absolute atomic E-state index is 0.0597. The second-order valence-corrected chi connectivity index (χ2v) is 5.66. The zero-order valence-corrected chi connectivity index (χ0v) is 13.3. The van der Waals surface area contributed by atoms with Crippen molar-refractivity contribution in [2.45, 2.75) is 26.9 Å². The molecule has 1 aliphatic heterocycles. The number of ether oxygens (including phenoxy) is 1. The number of hydrogen-bond acceptors (Lipinski definition) is 5. The molecular weight excluding hydrogens is 284 g/mol. The van der Waals surface area contributed by atoms with Gasteiger partial charge >= 0.3 is 0 Å². The van der Waals surface area contributed by atoms with Gasteiger partial charge in [-0.2, -0.15) is 0 Å². The van der Waals surface area contributed by atoms with E-state index in [2.05, 4.69) is 10.1 Å². The number of carbonyl (C=O) groups is 1. The molecule has 0 aromatic carbocycles. The summed E-state index contributed by atoms with van der Waals surface area (Å²) in [6, 6.07) is 0. The second-order valence-electron chi connectivity index (χ2n) is 5.66. The molecule has 0 spiro atoms. The van der Waals surface area contributed by atoms with Gasteiger partial charge in [-0.15, -0.1) is 0 Å². The Bertz CT molecular complexity index is 684. The molecule has 1 aliphatic rings. The van der Waals surface area contributed by atoms with Crippen molar-refractivity contribution >= 4 is 5.91 Å². The summed E-state index contributed by atoms with van der Waals surface area (Å²) >= 11 is 0. The zero-order chi connectivity index (χ0) is 15.9. The van der Waals surface area contributed by atoms with Crippen molar-refractivity contribution in [3.05, 3.63) is 34.7 Å². The van der Waals surface area contributed by atoms with Gasteiger partial charge in [-0.1, -0.05) is 5.16 Å². The maximum absolute atomic E-state index is 12.7. The summed E-state index contributed by atoms with van der Waals surface area (Å²) in [5.74, 6) is 1.34. The Hall–Kier alpha value is -2.15. The molecule has 0 bridgehead atoms. The van der Waals surface area contributed by atoms with Gasteiger partial charge in [0.05, 0.1) is 24.5 Å². The third-order valence-corrected chi connectivity index (χ3v) is 3.92. The molecule has 1 fully saturated rings. The van der Waals surface area contributed by atoms with Crippen LogP contribution in [0, 0.1) is 20.8 Å². The third kappa shape index (κ3) is 2.52. The van der Waals surface area contributed by atoms with Crippen LogP contribution in [-0.2, 0) is 11.8 Å². The number of amides is 1. The molecule has 7 heteroatoms. The van der Waals surface area contributed by atoms with Crippen molar-refractivity contribution in [3.8, 4) is 0 Å². The minimum Gasteiger partial charge on any atom is -0.367 e. The fourth-order valence-electron chi connectivity index (χ4n) is 2.87. The van der Waals surface area contributed by atoms with E-state index in [1.165, 1.54) is 0 Å². The fraction of sp³-hybridized carbons (Fsp3) is 0.533. The van der Waals surface area contributed by atoms with E-state index in [0.29, 0.717) is 36.7 Å². The maximum Gasteiger partial charge on any atom is 0.259 e. The van der Waals surface area contributed by atoms with E-state index in [4.69, 9.17) is 9.26 Å². The van der Waals surface area contributed by atoms with E-state index in [-0.39, 0.29) is 12.0 Å². The first kappa shape index (κ1) is 14.8. The minimum atomic E-state index is -0.211. The normalized spacial score (nSPS) is 18.7. The van der Waals surface area contributed by atoms with Gasteiger partial charge in [-0.25, -0.2) is 4.98 Å². The molecule has 2 aromatic heterocycles. The van der Waals surface area contributed by atoms with Crippen molar-refractivity contribution < 1.29 is 14.1 Å². The lowest BCUT2D eigenvalue weighted by Gasteiger charge is -2.32. The number of aryl methyl sites for hydroxylation is 4. The average Bonchev–Trinajstić information content (AvgIpc) is 3.00. The summed E-state index contributed by atoms with van der Waals surface area (Å²) in [6.45, 7) is 7.01. The van der Waals surface area contributed by atoms with Gasteiger partial charge in [-0.3, -0.25) is 4.79 Å². The van der Waals surface area contributed by atoms with Crippen molar-refractivity contribution in [2.75, 3.05) is 19.7 Å². The first-order chi connectivity index (χ1) is 10.5. The number of aromatic nitrogens is 3. The van der Waals surface area contributed by atoms with E-state index in [1.807, 2.05) is 24.7 Å². The largest absolute Gasteiger partial charge is 0.367 e. The Morgan fingerprint density at radius 3 is 2.73 bits per heavy atom. The predicted molar refractivity (Wildman–Crippen MR) is 78.5 cm³/mol. The molecule has 1 atom stereocenters. The van der Waals surface area contributed by atoms with Gasteiger partial charge in [0.25, 0.3) is 5.91 Å². The van der Waals surface area contributed by atoms with Crippen LogP contribution >= 0.6 is 0 Å². The van der Waals surface area contributed by atoms with E-state index in [9.17, 15) is 4.79 Å². The summed E-state index contributed by atoms with van der Waals surface area (Å²) in [4.78, 5) is 19.0. The van der Waals surface area contributed by atoms with Gasteiger partial charge in [0, 0.05) is 19.8 Å². The van der Waals surface area contributed by atoms with E-state index in [0.717, 1.165) is 11.5 Å². The highest BCUT2D eigenvalue weighted by Gasteiger charge is 2.31. The lowest BCUT2D eigenvalue weighted by molar-refractivity contribution is -0.0280. The Morgan fingerprint density at radius 2 is 2.14 bits per heavy atom. The van der Waals surface area contributed by atoms with Crippen LogP contribution in [0.15, 0.2) is 10.7 Å². The molecule has 3 heterocycles. The molecule has 1 amide bonds. The van der Waals surface area contributed by atoms with Crippen LogP contribution in [0.3, 0.4) is 0 Å². The van der Waals surface area contributed by atoms with Crippen LogP contribution in [0.25, 0.3) is 0 Å². The molecule has 0 unspecified atom stereocenters. The highest BCUT2D eigenvalue weighted by Crippen LogP contribution is 2.24. The summed E-state index contributed by atoms with van der Waals surface area (Å²) in [5, 5.41) is 3.86. The molecule has 3 rings (SSSR count). The monoisotopic (exact) mass is 304 g/mol. The molecule has 0 saturated carbocycles. The Labute approximate surface area is 128 Å². The molecule has 0 radical (unpaired) electrons. The number of morpholine rings is 1. The van der Waals surface area contributed by atoms with Crippen molar-refractivity contribution in [2.24, 2.45) is 7.05 Å². The number of imidazole rings is 1. The second kappa shape index (κ2) is 5.57. The van der Waals surface area contributed by atoms with Crippen LogP contribution in [0.4, 0.5) is 0 Å². The topological polar surface area (TPSA) is 73.4 Å². The quantitative estimate of drug-likeness (QED) is 0.841. The third-order valence-electron chi connectivity index (χ3n) is 3.92. The lowest BCUT2D eigenvalue weighted by Crippen LogP contribution is -2.43. The summed E-state index contributed by atoms with van der Waals surface area (Å²) in [5.41, 5.74) is 2.12. The summed E-state index contributed by atoms with van der Waals surface area (Å²) in [7, 11) is 1.94. The van der Waals surface area contributed by atoms with Crippen LogP contribution in [0.2, 0.25) is 0 Å². The highest BCUT2D eigenvalue weighted by atomic mass is 16.5. The number of nitrogens with zero attached hydrogens (tertiary/aromatic N) is 4. The van der Waals surface area contributed by atoms with Gasteiger partial charge in [0.2, 0.25) is 0 Å². The zero-order valence-electron chi connectivity index (χ0n) is 13.3. The van der Waals surface area contributed by atoms with E-state index >= 15 is 0 Å². The first-order valence-electron chi connectivity index (χ1n) is 7.31. The van der Waals surface area contributed by atoms with Crippen LogP contribution < -0.4 is 0 Å². The first-order valence-corrected chi connectivity index (χ1v) is 7.31. The van der Waals surface area contributed by atoms with Crippen LogP contribution in [-0.4, -0.2) is 45.2 Å². The lowest BCUT2D eigenvalue weighted by atomic mass is 10.1. The maximum atomic E-state index is 12.7. The number of hydrogen-bond donors (Lipinski definition) is 0. The smallest absolute Gasteiger partial charge is 0.259 e. The van der Waals surface area contributed by atoms with Crippen molar-refractivity contribution in [1.82, 2.24) is 19.6 Å². The van der Waals surface area contributed by atoms with Gasteiger partial charge in [0.1, 0.15) is 23.3 Å². The Morgan fingerprint density at radius 1 is 1.36 bits per heavy atom. The molecular formula is C15H20N4O3. The molecule has 0 N–H and O–H groups in total. The van der Waals surface area contributed by atoms with Crippen molar-refractivity contribution in [1.29, 1.82) is 0 Å². The molecule has 7 nitrogen and oxygen atoms in total. The molecule has 0 aliphatic carbocycles. The van der Waals surface area contributed by atoms with Crippen molar-refractivity contribution in [3.63, 3.8) is 0 Å². The Kier molecular flexibility index (Phi) is 3.74. The number of carbonyl (C=O) groups excluding carboxylic acids is 1. The van der Waals surface area contributed by atoms with Gasteiger partial charge < -0.3 is 18.7 Å². The summed E-state index contributed by atoms with van der Waals surface area (Å²) in [6.07, 6.45) is 1.74.